The fourth-order valence-corrected chi connectivity index (χ4v) is 2.90. The molecule has 1 fully saturated rings. The molecule has 1 atom stereocenters. The highest BCUT2D eigenvalue weighted by Gasteiger charge is 2.21. The minimum atomic E-state index is -2.78. The van der Waals surface area contributed by atoms with Crippen molar-refractivity contribution in [1.29, 1.82) is 0 Å². The number of halogens is 2. The van der Waals surface area contributed by atoms with E-state index in [-0.39, 0.29) is 18.4 Å². The van der Waals surface area contributed by atoms with Crippen molar-refractivity contribution in [3.8, 4) is 5.75 Å². The Bertz CT molecular complexity index is 417. The van der Waals surface area contributed by atoms with Crippen LogP contribution in [-0.2, 0) is 0 Å². The summed E-state index contributed by atoms with van der Waals surface area (Å²) in [6.07, 6.45) is 4.26. The SMILES string of the molecule is CC(NC1CCC(CO)CC1)c1ccc(OC(F)F)cc1. The van der Waals surface area contributed by atoms with Gasteiger partial charge in [0.1, 0.15) is 5.75 Å². The van der Waals surface area contributed by atoms with Crippen molar-refractivity contribution in [3.63, 3.8) is 0 Å². The maximum atomic E-state index is 12.1. The van der Waals surface area contributed by atoms with Crippen LogP contribution in [0.2, 0.25) is 0 Å². The molecule has 0 radical (unpaired) electrons. The van der Waals surface area contributed by atoms with Gasteiger partial charge in [0.25, 0.3) is 0 Å². The Labute approximate surface area is 124 Å². The molecule has 1 saturated carbocycles. The number of alkyl halides is 2. The van der Waals surface area contributed by atoms with Crippen LogP contribution in [0.25, 0.3) is 0 Å². The van der Waals surface area contributed by atoms with Crippen LogP contribution < -0.4 is 10.1 Å². The van der Waals surface area contributed by atoms with E-state index >= 15 is 0 Å². The smallest absolute Gasteiger partial charge is 0.387 e. The van der Waals surface area contributed by atoms with E-state index in [1.165, 1.54) is 0 Å². The lowest BCUT2D eigenvalue weighted by molar-refractivity contribution is -0.0498. The third-order valence-corrected chi connectivity index (χ3v) is 4.20. The van der Waals surface area contributed by atoms with Crippen molar-refractivity contribution in [2.45, 2.75) is 51.3 Å². The fraction of sp³-hybridized carbons (Fsp3) is 0.625. The van der Waals surface area contributed by atoms with Gasteiger partial charge >= 0.3 is 6.61 Å². The number of rotatable bonds is 6. The normalized spacial score (nSPS) is 24.0. The van der Waals surface area contributed by atoms with Gasteiger partial charge in [0, 0.05) is 18.7 Å². The lowest BCUT2D eigenvalue weighted by Crippen LogP contribution is -2.35. The fourth-order valence-electron chi connectivity index (χ4n) is 2.90. The first-order valence-electron chi connectivity index (χ1n) is 7.50. The molecule has 2 rings (SSSR count). The van der Waals surface area contributed by atoms with E-state index in [9.17, 15) is 8.78 Å². The summed E-state index contributed by atoms with van der Waals surface area (Å²) >= 11 is 0. The van der Waals surface area contributed by atoms with E-state index in [2.05, 4.69) is 17.0 Å². The van der Waals surface area contributed by atoms with Gasteiger partial charge in [0.2, 0.25) is 0 Å². The van der Waals surface area contributed by atoms with Crippen LogP contribution in [0.1, 0.15) is 44.2 Å². The molecule has 0 aliphatic heterocycles. The van der Waals surface area contributed by atoms with Gasteiger partial charge in [0.05, 0.1) is 0 Å². The molecule has 1 aliphatic carbocycles. The third-order valence-electron chi connectivity index (χ3n) is 4.20. The quantitative estimate of drug-likeness (QED) is 0.845. The van der Waals surface area contributed by atoms with Gasteiger partial charge < -0.3 is 15.2 Å². The Balaban J connectivity index is 1.84. The summed E-state index contributed by atoms with van der Waals surface area (Å²) in [6.45, 7) is -0.428. The molecule has 3 nitrogen and oxygen atoms in total. The Morgan fingerprint density at radius 3 is 2.33 bits per heavy atom. The molecule has 0 bridgehead atoms. The maximum absolute atomic E-state index is 12.1. The summed E-state index contributed by atoms with van der Waals surface area (Å²) in [6, 6.07) is 7.40. The molecule has 1 aromatic carbocycles. The molecule has 2 N–H and O–H groups in total. The van der Waals surface area contributed by atoms with Crippen molar-refractivity contribution >= 4 is 0 Å². The molecule has 1 aromatic rings. The number of hydrogen-bond donors (Lipinski definition) is 2. The van der Waals surface area contributed by atoms with Gasteiger partial charge in [0.15, 0.2) is 0 Å². The molecule has 0 heterocycles. The zero-order valence-corrected chi connectivity index (χ0v) is 12.3. The number of nitrogens with one attached hydrogen (secondary N) is 1. The Kier molecular flexibility index (Phi) is 5.94. The first-order chi connectivity index (χ1) is 10.1. The van der Waals surface area contributed by atoms with Crippen LogP contribution in [0.5, 0.6) is 5.75 Å². The Morgan fingerprint density at radius 1 is 1.19 bits per heavy atom. The number of aliphatic hydroxyl groups excluding tert-OH is 1. The average Bonchev–Trinajstić information content (AvgIpc) is 2.48. The number of aliphatic hydroxyl groups is 1. The summed E-state index contributed by atoms with van der Waals surface area (Å²) in [5.41, 5.74) is 1.06. The van der Waals surface area contributed by atoms with E-state index in [1.807, 2.05) is 12.1 Å². The zero-order chi connectivity index (χ0) is 15.2. The zero-order valence-electron chi connectivity index (χ0n) is 12.3. The molecule has 0 amide bonds. The highest BCUT2D eigenvalue weighted by atomic mass is 19.3. The lowest BCUT2D eigenvalue weighted by atomic mass is 9.86. The van der Waals surface area contributed by atoms with Crippen LogP contribution in [0.4, 0.5) is 8.78 Å². The summed E-state index contributed by atoms with van der Waals surface area (Å²) in [5.74, 6) is 0.633. The molecule has 21 heavy (non-hydrogen) atoms. The molecule has 0 saturated heterocycles. The van der Waals surface area contributed by atoms with E-state index in [1.54, 1.807) is 12.1 Å². The predicted octanol–water partition coefficient (Wildman–Crippen LogP) is 3.49. The van der Waals surface area contributed by atoms with E-state index in [0.717, 1.165) is 31.2 Å². The molecule has 0 spiro atoms. The number of hydrogen-bond acceptors (Lipinski definition) is 3. The van der Waals surface area contributed by atoms with Crippen molar-refractivity contribution in [3.05, 3.63) is 29.8 Å². The first kappa shape index (κ1) is 16.2. The Hall–Kier alpha value is -1.20. The molecule has 1 aliphatic rings. The van der Waals surface area contributed by atoms with Gasteiger partial charge in [-0.15, -0.1) is 0 Å². The Morgan fingerprint density at radius 2 is 1.81 bits per heavy atom. The van der Waals surface area contributed by atoms with Gasteiger partial charge in [-0.1, -0.05) is 12.1 Å². The molecule has 1 unspecified atom stereocenters. The molecular formula is C16H23F2NO2. The van der Waals surface area contributed by atoms with Crippen LogP contribution in [0.15, 0.2) is 24.3 Å². The summed E-state index contributed by atoms with van der Waals surface area (Å²) in [7, 11) is 0. The molecule has 118 valence electrons. The second-order valence-corrected chi connectivity index (χ2v) is 5.74. The number of ether oxygens (including phenoxy) is 1. The van der Waals surface area contributed by atoms with Crippen LogP contribution in [0.3, 0.4) is 0 Å². The molecular weight excluding hydrogens is 276 g/mol. The summed E-state index contributed by atoms with van der Waals surface area (Å²) in [5, 5.41) is 12.7. The van der Waals surface area contributed by atoms with Crippen LogP contribution in [-0.4, -0.2) is 24.4 Å². The third kappa shape index (κ3) is 4.93. The first-order valence-corrected chi connectivity index (χ1v) is 7.50. The second-order valence-electron chi connectivity index (χ2n) is 5.74. The maximum Gasteiger partial charge on any atom is 0.387 e. The molecule has 0 aromatic heterocycles. The van der Waals surface area contributed by atoms with Gasteiger partial charge in [-0.25, -0.2) is 0 Å². The highest BCUT2D eigenvalue weighted by molar-refractivity contribution is 5.29. The topological polar surface area (TPSA) is 41.5 Å². The van der Waals surface area contributed by atoms with Gasteiger partial charge in [-0.2, -0.15) is 8.78 Å². The van der Waals surface area contributed by atoms with Crippen LogP contribution >= 0.6 is 0 Å². The van der Waals surface area contributed by atoms with E-state index < -0.39 is 6.61 Å². The summed E-state index contributed by atoms with van der Waals surface area (Å²) in [4.78, 5) is 0. The molecule has 5 heteroatoms. The van der Waals surface area contributed by atoms with E-state index in [0.29, 0.717) is 12.0 Å². The van der Waals surface area contributed by atoms with Crippen molar-refractivity contribution < 1.29 is 18.6 Å². The standard InChI is InChI=1S/C16H23F2NO2/c1-11(19-14-6-2-12(10-20)3-7-14)13-4-8-15(9-5-13)21-16(17)18/h4-5,8-9,11-12,14,16,19-20H,2-3,6-7,10H2,1H3. The number of benzene rings is 1. The van der Waals surface area contributed by atoms with Crippen LogP contribution in [0, 0.1) is 5.92 Å². The predicted molar refractivity (Wildman–Crippen MR) is 77.5 cm³/mol. The van der Waals surface area contributed by atoms with E-state index in [4.69, 9.17) is 5.11 Å². The van der Waals surface area contributed by atoms with Crippen molar-refractivity contribution in [2.24, 2.45) is 5.92 Å². The van der Waals surface area contributed by atoms with Gasteiger partial charge in [-0.05, 0) is 56.2 Å². The monoisotopic (exact) mass is 299 g/mol. The van der Waals surface area contributed by atoms with Crippen molar-refractivity contribution in [1.82, 2.24) is 5.32 Å². The average molecular weight is 299 g/mol. The van der Waals surface area contributed by atoms with Gasteiger partial charge in [-0.3, -0.25) is 0 Å². The summed E-state index contributed by atoms with van der Waals surface area (Å²) < 4.78 is 28.5. The lowest BCUT2D eigenvalue weighted by Gasteiger charge is -2.30. The highest BCUT2D eigenvalue weighted by Crippen LogP contribution is 2.26. The minimum absolute atomic E-state index is 0.168. The second kappa shape index (κ2) is 7.71. The minimum Gasteiger partial charge on any atom is -0.435 e. The largest absolute Gasteiger partial charge is 0.435 e. The van der Waals surface area contributed by atoms with Crippen molar-refractivity contribution in [2.75, 3.05) is 6.61 Å².